The molecule has 0 bridgehead atoms. The molecule has 43 heavy (non-hydrogen) atoms. The number of hydrogen-bond donors (Lipinski definition) is 3. The number of carbonyl (C=O) groups is 3. The molecule has 2 amide bonds. The van der Waals surface area contributed by atoms with E-state index in [1.165, 1.54) is 30.3 Å². The van der Waals surface area contributed by atoms with Crippen molar-refractivity contribution in [1.82, 2.24) is 0 Å². The average molecular weight is 688 g/mol. The minimum Gasteiger partial charge on any atom is -0.478 e. The van der Waals surface area contributed by atoms with Crippen molar-refractivity contribution in [3.05, 3.63) is 121 Å². The number of carboxylic acid groups (broad SMARTS) is 1. The Morgan fingerprint density at radius 1 is 0.721 bits per heavy atom. The van der Waals surface area contributed by atoms with E-state index in [0.29, 0.717) is 10.5 Å². The van der Waals surface area contributed by atoms with Crippen LogP contribution in [-0.4, -0.2) is 22.9 Å². The molecule has 4 aromatic rings. The Bertz CT molecular complexity index is 1710. The summed E-state index contributed by atoms with van der Waals surface area (Å²) in [6, 6.07) is 19.2. The lowest BCUT2D eigenvalue weighted by molar-refractivity contribution is -0.137. The Balaban J connectivity index is 1.58. The number of hydrogen-bond acceptors (Lipinski definition) is 4. The van der Waals surface area contributed by atoms with E-state index in [9.17, 15) is 32.7 Å². The third-order valence-corrected chi connectivity index (χ3v) is 8.97. The van der Waals surface area contributed by atoms with Gasteiger partial charge in [0.1, 0.15) is 5.25 Å². The molecular formula is C29H17Cl4F3N2O4S. The number of carboxylic acids is 1. The summed E-state index contributed by atoms with van der Waals surface area (Å²) < 4.78 is 40.5. The second-order valence-corrected chi connectivity index (χ2v) is 11.4. The van der Waals surface area contributed by atoms with Gasteiger partial charge in [0.25, 0.3) is 5.91 Å². The fourth-order valence-corrected chi connectivity index (χ4v) is 5.97. The number of carbonyl (C=O) groups excluding carboxylic acids is 2. The number of halogens is 7. The zero-order valence-electron chi connectivity index (χ0n) is 21.3. The van der Waals surface area contributed by atoms with Crippen LogP contribution < -0.4 is 10.6 Å². The third-order valence-electron chi connectivity index (χ3n) is 5.90. The first-order chi connectivity index (χ1) is 20.3. The smallest absolute Gasteiger partial charge is 0.418 e. The highest BCUT2D eigenvalue weighted by Gasteiger charge is 2.34. The van der Waals surface area contributed by atoms with Gasteiger partial charge in [-0.05, 0) is 42.0 Å². The van der Waals surface area contributed by atoms with Gasteiger partial charge in [0, 0.05) is 10.6 Å². The van der Waals surface area contributed by atoms with Gasteiger partial charge in [-0.15, -0.1) is 11.8 Å². The summed E-state index contributed by atoms with van der Waals surface area (Å²) in [4.78, 5) is 38.7. The molecule has 222 valence electrons. The molecular weight excluding hydrogens is 671 g/mol. The van der Waals surface area contributed by atoms with E-state index in [4.69, 9.17) is 46.4 Å². The lowest BCUT2D eigenvalue weighted by Gasteiger charge is -2.19. The van der Waals surface area contributed by atoms with Crippen LogP contribution >= 0.6 is 58.2 Å². The van der Waals surface area contributed by atoms with Crippen LogP contribution in [0.3, 0.4) is 0 Å². The number of benzene rings is 4. The first kappa shape index (κ1) is 32.5. The number of thioether (sulfide) groups is 1. The number of alkyl halides is 3. The molecule has 1 atom stereocenters. The molecule has 3 N–H and O–H groups in total. The summed E-state index contributed by atoms with van der Waals surface area (Å²) in [7, 11) is 0. The van der Waals surface area contributed by atoms with E-state index in [1.807, 2.05) is 0 Å². The van der Waals surface area contributed by atoms with Gasteiger partial charge in [-0.2, -0.15) is 13.2 Å². The lowest BCUT2D eigenvalue weighted by atomic mass is 10.1. The molecule has 0 radical (unpaired) electrons. The van der Waals surface area contributed by atoms with Gasteiger partial charge in [0.15, 0.2) is 0 Å². The SMILES string of the molecule is O=C(O)c1c(Cl)c(Cl)c(Cl)c(Cl)c1C(=O)Nc1ccc(SC(C(=O)Nc2ccccc2C(F)(F)F)c2ccccc2)cc1. The van der Waals surface area contributed by atoms with Crippen LogP contribution in [-0.2, 0) is 11.0 Å². The van der Waals surface area contributed by atoms with Crippen LogP contribution in [0.5, 0.6) is 0 Å². The Kier molecular flexibility index (Phi) is 10.2. The monoisotopic (exact) mass is 686 g/mol. The fraction of sp³-hybridized carbons (Fsp3) is 0.0690. The van der Waals surface area contributed by atoms with Gasteiger partial charge in [-0.25, -0.2) is 4.79 Å². The highest BCUT2D eigenvalue weighted by molar-refractivity contribution is 8.00. The van der Waals surface area contributed by atoms with Gasteiger partial charge in [-0.1, -0.05) is 88.9 Å². The van der Waals surface area contributed by atoms with Crippen LogP contribution in [0.25, 0.3) is 0 Å². The predicted molar refractivity (Wildman–Crippen MR) is 163 cm³/mol. The summed E-state index contributed by atoms with van der Waals surface area (Å²) in [6.07, 6.45) is -4.67. The summed E-state index contributed by atoms with van der Waals surface area (Å²) >= 11 is 25.2. The Labute approximate surface area is 267 Å². The maximum Gasteiger partial charge on any atom is 0.418 e. The molecule has 1 unspecified atom stereocenters. The minimum absolute atomic E-state index is 0.226. The predicted octanol–water partition coefficient (Wildman–Crippen LogP) is 9.74. The molecule has 0 aliphatic heterocycles. The number of nitrogens with one attached hydrogen (secondary N) is 2. The van der Waals surface area contributed by atoms with E-state index in [-0.39, 0.29) is 21.4 Å². The molecule has 0 fully saturated rings. The molecule has 0 saturated carbocycles. The van der Waals surface area contributed by atoms with Crippen molar-refractivity contribution in [3.8, 4) is 0 Å². The van der Waals surface area contributed by atoms with Crippen molar-refractivity contribution >= 4 is 87.3 Å². The van der Waals surface area contributed by atoms with Crippen molar-refractivity contribution in [2.45, 2.75) is 16.3 Å². The van der Waals surface area contributed by atoms with Crippen LogP contribution in [0, 0.1) is 0 Å². The number of para-hydroxylation sites is 1. The minimum atomic E-state index is -4.67. The molecule has 0 heterocycles. The van der Waals surface area contributed by atoms with E-state index >= 15 is 0 Å². The quantitative estimate of drug-likeness (QED) is 0.0974. The van der Waals surface area contributed by atoms with Gasteiger partial charge in [-0.3, -0.25) is 9.59 Å². The van der Waals surface area contributed by atoms with E-state index in [1.54, 1.807) is 42.5 Å². The molecule has 6 nitrogen and oxygen atoms in total. The van der Waals surface area contributed by atoms with Gasteiger partial charge in [0.2, 0.25) is 5.91 Å². The second kappa shape index (κ2) is 13.5. The van der Waals surface area contributed by atoms with Gasteiger partial charge in [0.05, 0.1) is 42.5 Å². The molecule has 0 aromatic heterocycles. The molecule has 0 saturated heterocycles. The van der Waals surface area contributed by atoms with E-state index < -0.39 is 55.9 Å². The lowest BCUT2D eigenvalue weighted by Crippen LogP contribution is -2.21. The van der Waals surface area contributed by atoms with E-state index in [0.717, 1.165) is 17.8 Å². The van der Waals surface area contributed by atoms with Crippen LogP contribution in [0.15, 0.2) is 83.8 Å². The fourth-order valence-electron chi connectivity index (χ4n) is 3.93. The normalized spacial score (nSPS) is 12.0. The first-order valence-corrected chi connectivity index (χ1v) is 14.4. The molecule has 0 aliphatic carbocycles. The van der Waals surface area contributed by atoms with Crippen molar-refractivity contribution in [1.29, 1.82) is 0 Å². The van der Waals surface area contributed by atoms with Crippen LogP contribution in [0.1, 0.15) is 37.1 Å². The molecule has 0 aliphatic rings. The first-order valence-electron chi connectivity index (χ1n) is 12.0. The van der Waals surface area contributed by atoms with Gasteiger partial charge >= 0.3 is 12.1 Å². The summed E-state index contributed by atoms with van der Waals surface area (Å²) in [6.45, 7) is 0. The summed E-state index contributed by atoms with van der Waals surface area (Å²) in [5.74, 6) is -3.16. The average Bonchev–Trinajstić information content (AvgIpc) is 2.97. The summed E-state index contributed by atoms with van der Waals surface area (Å²) in [5, 5.41) is 12.1. The molecule has 4 aromatic carbocycles. The molecule has 14 heteroatoms. The van der Waals surface area contributed by atoms with Crippen molar-refractivity contribution < 1.29 is 32.7 Å². The Morgan fingerprint density at radius 3 is 1.86 bits per heavy atom. The van der Waals surface area contributed by atoms with Crippen molar-refractivity contribution in [3.63, 3.8) is 0 Å². The zero-order valence-corrected chi connectivity index (χ0v) is 25.1. The topological polar surface area (TPSA) is 95.5 Å². The number of rotatable bonds is 8. The second-order valence-electron chi connectivity index (χ2n) is 8.73. The standard InChI is InChI=1S/C29H17Cl4F3N2O4S/c30-21-19(20(28(41)42)22(31)24(33)23(21)32)26(39)37-15-10-12-16(13-11-15)43-25(14-6-2-1-3-7-14)27(40)38-18-9-5-4-8-17(18)29(34,35)36/h1-13,25H,(H,37,39)(H,38,40)(H,41,42). The maximum absolute atomic E-state index is 13.5. The maximum atomic E-state index is 13.5. The van der Waals surface area contributed by atoms with Crippen molar-refractivity contribution in [2.24, 2.45) is 0 Å². The largest absolute Gasteiger partial charge is 0.478 e. The Hall–Kier alpha value is -3.41. The third kappa shape index (κ3) is 7.39. The Morgan fingerprint density at radius 2 is 1.28 bits per heavy atom. The van der Waals surface area contributed by atoms with Crippen LogP contribution in [0.2, 0.25) is 20.1 Å². The number of amides is 2. The highest BCUT2D eigenvalue weighted by atomic mass is 35.5. The van der Waals surface area contributed by atoms with Crippen molar-refractivity contribution in [2.75, 3.05) is 10.6 Å². The van der Waals surface area contributed by atoms with E-state index in [2.05, 4.69) is 10.6 Å². The molecule has 4 rings (SSSR count). The number of aromatic carboxylic acids is 1. The van der Waals surface area contributed by atoms with Gasteiger partial charge < -0.3 is 15.7 Å². The number of anilines is 2. The summed E-state index contributed by atoms with van der Waals surface area (Å²) in [5.41, 5.74) is -1.71. The zero-order chi connectivity index (χ0) is 31.5. The highest BCUT2D eigenvalue weighted by Crippen LogP contribution is 2.42. The molecule has 0 spiro atoms. The van der Waals surface area contributed by atoms with Crippen LogP contribution in [0.4, 0.5) is 24.5 Å².